The van der Waals surface area contributed by atoms with Crippen molar-refractivity contribution in [3.05, 3.63) is 28.7 Å². The van der Waals surface area contributed by atoms with Crippen molar-refractivity contribution in [3.63, 3.8) is 0 Å². The lowest BCUT2D eigenvalue weighted by Gasteiger charge is -2.21. The topological polar surface area (TPSA) is 67.2 Å². The summed E-state index contributed by atoms with van der Waals surface area (Å²) in [4.78, 5) is 14.3. The summed E-state index contributed by atoms with van der Waals surface area (Å²) in [5.74, 6) is 0.599. The number of imidazole rings is 1. The summed E-state index contributed by atoms with van der Waals surface area (Å²) < 4.78 is 7.14. The summed E-state index contributed by atoms with van der Waals surface area (Å²) in [6, 6.07) is 5.43. The summed E-state index contributed by atoms with van der Waals surface area (Å²) in [5, 5.41) is 9.93. The number of fused-ring (bicyclic) bond motifs is 1. The minimum absolute atomic E-state index is 0.177. The number of hydrogen-bond donors (Lipinski definition) is 2. The number of aryl methyl sites for hydroxylation is 1. The van der Waals surface area contributed by atoms with Gasteiger partial charge in [-0.05, 0) is 25.5 Å². The van der Waals surface area contributed by atoms with Crippen molar-refractivity contribution < 1.29 is 9.84 Å². The Hall–Kier alpha value is -1.75. The molecule has 2 N–H and O–H groups in total. The molecule has 2 rings (SSSR count). The Morgan fingerprint density at radius 3 is 2.89 bits per heavy atom. The van der Waals surface area contributed by atoms with Gasteiger partial charge in [0, 0.05) is 7.05 Å². The molecule has 18 heavy (non-hydrogen) atoms. The van der Waals surface area contributed by atoms with Crippen LogP contribution in [0.15, 0.2) is 23.0 Å². The van der Waals surface area contributed by atoms with Gasteiger partial charge in [0.25, 0.3) is 0 Å². The molecule has 0 bridgehead atoms. The monoisotopic (exact) mass is 250 g/mol. The highest BCUT2D eigenvalue weighted by Gasteiger charge is 2.19. The number of aromatic nitrogens is 2. The smallest absolute Gasteiger partial charge is 0.326 e. The molecule has 0 aliphatic heterocycles. The number of para-hydroxylation sites is 1. The van der Waals surface area contributed by atoms with E-state index in [0.29, 0.717) is 12.2 Å². The molecule has 1 aromatic carbocycles. The number of benzene rings is 1. The SMILES string of the molecule is CCC(C)(O)COc1cccc2[nH]c(=O)n(C)c12. The standard InChI is InChI=1S/C13H18N2O3/c1-4-13(2,17)8-18-10-7-5-6-9-11(10)15(3)12(16)14-9/h5-7,17H,4,8H2,1-3H3,(H,14,16). The Morgan fingerprint density at radius 2 is 2.22 bits per heavy atom. The van der Waals surface area contributed by atoms with Crippen LogP contribution < -0.4 is 10.4 Å². The fraction of sp³-hybridized carbons (Fsp3) is 0.462. The van der Waals surface area contributed by atoms with E-state index < -0.39 is 5.60 Å². The van der Waals surface area contributed by atoms with Crippen molar-refractivity contribution in [2.45, 2.75) is 25.9 Å². The second-order valence-corrected chi connectivity index (χ2v) is 4.78. The number of aliphatic hydroxyl groups is 1. The average molecular weight is 250 g/mol. The second kappa shape index (κ2) is 4.49. The number of hydrogen-bond acceptors (Lipinski definition) is 3. The first-order valence-corrected chi connectivity index (χ1v) is 5.97. The van der Waals surface area contributed by atoms with Crippen LogP contribution >= 0.6 is 0 Å². The molecule has 98 valence electrons. The Morgan fingerprint density at radius 1 is 1.50 bits per heavy atom. The molecule has 0 saturated carbocycles. The van der Waals surface area contributed by atoms with E-state index in [-0.39, 0.29) is 12.3 Å². The van der Waals surface area contributed by atoms with Crippen LogP contribution in [0.1, 0.15) is 20.3 Å². The van der Waals surface area contributed by atoms with Crippen LogP contribution in [-0.4, -0.2) is 26.9 Å². The van der Waals surface area contributed by atoms with Gasteiger partial charge in [0.05, 0.1) is 11.1 Å². The highest BCUT2D eigenvalue weighted by Crippen LogP contribution is 2.24. The molecule has 0 amide bonds. The first kappa shape index (κ1) is 12.7. The Labute approximate surface area is 105 Å². The molecule has 0 radical (unpaired) electrons. The third-order valence-electron chi connectivity index (χ3n) is 3.18. The molecule has 0 aliphatic rings. The van der Waals surface area contributed by atoms with Crippen molar-refractivity contribution in [3.8, 4) is 5.75 Å². The summed E-state index contributed by atoms with van der Waals surface area (Å²) in [7, 11) is 1.69. The maximum Gasteiger partial charge on any atom is 0.326 e. The third kappa shape index (κ3) is 2.26. The van der Waals surface area contributed by atoms with Crippen molar-refractivity contribution in [2.75, 3.05) is 6.61 Å². The van der Waals surface area contributed by atoms with Gasteiger partial charge in [-0.2, -0.15) is 0 Å². The molecule has 1 unspecified atom stereocenters. The quantitative estimate of drug-likeness (QED) is 0.862. The van der Waals surface area contributed by atoms with E-state index >= 15 is 0 Å². The number of rotatable bonds is 4. The van der Waals surface area contributed by atoms with E-state index in [4.69, 9.17) is 4.74 Å². The third-order valence-corrected chi connectivity index (χ3v) is 3.18. The van der Waals surface area contributed by atoms with E-state index in [2.05, 4.69) is 4.98 Å². The summed E-state index contributed by atoms with van der Waals surface area (Å²) >= 11 is 0. The maximum absolute atomic E-state index is 11.6. The molecular weight excluding hydrogens is 232 g/mol. The Balaban J connectivity index is 2.37. The van der Waals surface area contributed by atoms with Crippen molar-refractivity contribution in [1.82, 2.24) is 9.55 Å². The number of ether oxygens (including phenoxy) is 1. The molecule has 1 aromatic heterocycles. The van der Waals surface area contributed by atoms with Gasteiger partial charge in [-0.25, -0.2) is 4.79 Å². The van der Waals surface area contributed by atoms with Crippen LogP contribution in [0.25, 0.3) is 11.0 Å². The summed E-state index contributed by atoms with van der Waals surface area (Å²) in [5.41, 5.74) is 0.408. The van der Waals surface area contributed by atoms with E-state index in [1.165, 1.54) is 4.57 Å². The van der Waals surface area contributed by atoms with Gasteiger partial charge >= 0.3 is 5.69 Å². The summed E-state index contributed by atoms with van der Waals surface area (Å²) in [6.07, 6.45) is 0.606. The molecule has 5 nitrogen and oxygen atoms in total. The van der Waals surface area contributed by atoms with Crippen molar-refractivity contribution in [1.29, 1.82) is 0 Å². The molecule has 5 heteroatoms. The fourth-order valence-electron chi connectivity index (χ4n) is 1.72. The van der Waals surface area contributed by atoms with Crippen molar-refractivity contribution >= 4 is 11.0 Å². The zero-order valence-electron chi connectivity index (χ0n) is 10.9. The molecule has 0 saturated heterocycles. The average Bonchev–Trinajstić information content (AvgIpc) is 2.63. The molecule has 1 heterocycles. The maximum atomic E-state index is 11.6. The summed E-state index contributed by atoms with van der Waals surface area (Å²) in [6.45, 7) is 3.82. The van der Waals surface area contributed by atoms with Gasteiger partial charge in [-0.15, -0.1) is 0 Å². The molecule has 0 fully saturated rings. The zero-order chi connectivity index (χ0) is 13.3. The van der Waals surface area contributed by atoms with Gasteiger partial charge in [-0.1, -0.05) is 13.0 Å². The van der Waals surface area contributed by atoms with Crippen LogP contribution in [0.3, 0.4) is 0 Å². The Bertz CT molecular complexity index is 610. The minimum Gasteiger partial charge on any atom is -0.488 e. The van der Waals surface area contributed by atoms with Gasteiger partial charge < -0.3 is 14.8 Å². The Kier molecular flexibility index (Phi) is 3.17. The first-order valence-electron chi connectivity index (χ1n) is 5.97. The molecule has 1 atom stereocenters. The predicted molar refractivity (Wildman–Crippen MR) is 69.9 cm³/mol. The predicted octanol–water partition coefficient (Wildman–Crippen LogP) is 1.41. The lowest BCUT2D eigenvalue weighted by molar-refractivity contribution is 0.00886. The van der Waals surface area contributed by atoms with Crippen LogP contribution in [0.2, 0.25) is 0 Å². The molecular formula is C13H18N2O3. The van der Waals surface area contributed by atoms with Gasteiger partial charge in [0.1, 0.15) is 17.9 Å². The van der Waals surface area contributed by atoms with Crippen LogP contribution in [-0.2, 0) is 7.05 Å². The zero-order valence-corrected chi connectivity index (χ0v) is 10.9. The van der Waals surface area contributed by atoms with E-state index in [1.54, 1.807) is 20.0 Å². The molecule has 2 aromatic rings. The second-order valence-electron chi connectivity index (χ2n) is 4.78. The number of nitrogens with one attached hydrogen (secondary N) is 1. The number of aromatic amines is 1. The molecule has 0 aliphatic carbocycles. The van der Waals surface area contributed by atoms with E-state index in [1.807, 2.05) is 19.1 Å². The lowest BCUT2D eigenvalue weighted by Crippen LogP contribution is -2.31. The molecule has 0 spiro atoms. The number of nitrogens with zero attached hydrogens (tertiary/aromatic N) is 1. The first-order chi connectivity index (χ1) is 8.44. The fourth-order valence-corrected chi connectivity index (χ4v) is 1.72. The van der Waals surface area contributed by atoms with E-state index in [9.17, 15) is 9.90 Å². The minimum atomic E-state index is -0.864. The lowest BCUT2D eigenvalue weighted by atomic mass is 10.1. The highest BCUT2D eigenvalue weighted by atomic mass is 16.5. The van der Waals surface area contributed by atoms with Gasteiger partial charge in [-0.3, -0.25) is 4.57 Å². The highest BCUT2D eigenvalue weighted by molar-refractivity contribution is 5.81. The number of H-pyrrole nitrogens is 1. The van der Waals surface area contributed by atoms with Crippen LogP contribution in [0.4, 0.5) is 0 Å². The van der Waals surface area contributed by atoms with Gasteiger partial charge in [0.2, 0.25) is 0 Å². The van der Waals surface area contributed by atoms with Gasteiger partial charge in [0.15, 0.2) is 0 Å². The normalized spacial score (nSPS) is 14.7. The largest absolute Gasteiger partial charge is 0.488 e. The van der Waals surface area contributed by atoms with Crippen LogP contribution in [0.5, 0.6) is 5.75 Å². The van der Waals surface area contributed by atoms with Crippen LogP contribution in [0, 0.1) is 0 Å². The van der Waals surface area contributed by atoms with E-state index in [0.717, 1.165) is 11.0 Å². The van der Waals surface area contributed by atoms with Crippen molar-refractivity contribution in [2.24, 2.45) is 7.05 Å².